The summed E-state index contributed by atoms with van der Waals surface area (Å²) in [5, 5.41) is 19.8. The quantitative estimate of drug-likeness (QED) is 0.329. The minimum atomic E-state index is -0.344. The summed E-state index contributed by atoms with van der Waals surface area (Å²) < 4.78 is 11.2. The van der Waals surface area contributed by atoms with Crippen molar-refractivity contribution in [3.63, 3.8) is 0 Å². The van der Waals surface area contributed by atoms with Crippen LogP contribution in [-0.4, -0.2) is 38.4 Å². The van der Waals surface area contributed by atoms with E-state index in [9.17, 15) is 4.79 Å². The van der Waals surface area contributed by atoms with Gasteiger partial charge in [-0.3, -0.25) is 20.2 Å². The number of nitrogens with zero attached hydrogens (tertiary/aromatic N) is 4. The maximum Gasteiger partial charge on any atom is 0.296 e. The number of rotatable bonds is 7. The normalized spacial score (nSPS) is 10.9. The minimum absolute atomic E-state index is 0.248. The summed E-state index contributed by atoms with van der Waals surface area (Å²) in [5.74, 6) is 0.300. The Hall–Kier alpha value is -4.02. The molecule has 170 valence electrons. The molecule has 5 rings (SSSR count). The molecule has 2 N–H and O–H groups in total. The molecule has 0 aliphatic rings. The van der Waals surface area contributed by atoms with Gasteiger partial charge in [0.2, 0.25) is 5.13 Å². The summed E-state index contributed by atoms with van der Waals surface area (Å²) in [4.78, 5) is 17.2. The van der Waals surface area contributed by atoms with Crippen molar-refractivity contribution in [1.82, 2.24) is 25.4 Å². The number of aromatic nitrogens is 5. The number of hydrogen-bond acceptors (Lipinski definition) is 8. The second kappa shape index (κ2) is 9.46. The van der Waals surface area contributed by atoms with Crippen molar-refractivity contribution in [3.05, 3.63) is 77.2 Å². The zero-order chi connectivity index (χ0) is 23.5. The van der Waals surface area contributed by atoms with Gasteiger partial charge in [-0.1, -0.05) is 41.0 Å². The molecule has 0 fully saturated rings. The van der Waals surface area contributed by atoms with Crippen LogP contribution < -0.4 is 14.8 Å². The molecule has 0 unspecified atom stereocenters. The van der Waals surface area contributed by atoms with Gasteiger partial charge in [0.25, 0.3) is 11.1 Å². The average molecular weight is 493 g/mol. The van der Waals surface area contributed by atoms with Crippen molar-refractivity contribution < 1.29 is 14.3 Å². The molecule has 0 spiro atoms. The van der Waals surface area contributed by atoms with E-state index in [2.05, 4.69) is 30.7 Å². The molecular weight excluding hydrogens is 476 g/mol. The molecular formula is C23H17ClN6O3S. The lowest BCUT2D eigenvalue weighted by Crippen LogP contribution is -2.13. The molecule has 3 aromatic heterocycles. The molecule has 0 saturated heterocycles. The van der Waals surface area contributed by atoms with Gasteiger partial charge in [0, 0.05) is 34.5 Å². The fourth-order valence-electron chi connectivity index (χ4n) is 3.48. The Labute approximate surface area is 202 Å². The molecule has 2 aromatic carbocycles. The summed E-state index contributed by atoms with van der Waals surface area (Å²) >= 11 is 7.30. The molecule has 0 atom stereocenters. The van der Waals surface area contributed by atoms with E-state index in [1.807, 2.05) is 30.3 Å². The van der Waals surface area contributed by atoms with E-state index < -0.39 is 0 Å². The van der Waals surface area contributed by atoms with Crippen molar-refractivity contribution >= 4 is 44.9 Å². The first-order valence-electron chi connectivity index (χ1n) is 10.1. The number of nitrogens with one attached hydrogen (secondary N) is 2. The average Bonchev–Trinajstić information content (AvgIpc) is 3.54. The first-order chi connectivity index (χ1) is 16.6. The zero-order valence-corrected chi connectivity index (χ0v) is 19.4. The number of aromatic amines is 1. The van der Waals surface area contributed by atoms with Crippen molar-refractivity contribution in [3.8, 4) is 22.1 Å². The maximum atomic E-state index is 13.0. The minimum Gasteiger partial charge on any atom is -0.496 e. The molecule has 11 heteroatoms. The predicted molar refractivity (Wildman–Crippen MR) is 130 cm³/mol. The second-order valence-electron chi connectivity index (χ2n) is 7.10. The summed E-state index contributed by atoms with van der Waals surface area (Å²) in [7, 11) is 1.58. The molecule has 0 bridgehead atoms. The summed E-state index contributed by atoms with van der Waals surface area (Å²) in [6.45, 7) is 0.248. The number of ether oxygens (including phenoxy) is 2. The fraction of sp³-hybridized carbons (Fsp3) is 0.0870. The highest BCUT2D eigenvalue weighted by atomic mass is 35.5. The van der Waals surface area contributed by atoms with Gasteiger partial charge in [-0.15, -0.1) is 5.10 Å². The topological polar surface area (TPSA) is 115 Å². The Morgan fingerprint density at radius 1 is 1.12 bits per heavy atom. The lowest BCUT2D eigenvalue weighted by molar-refractivity contribution is 0.102. The third-order valence-electron chi connectivity index (χ3n) is 5.10. The number of amides is 1. The monoisotopic (exact) mass is 492 g/mol. The number of benzene rings is 2. The van der Waals surface area contributed by atoms with Crippen LogP contribution in [0.3, 0.4) is 0 Å². The lowest BCUT2D eigenvalue weighted by atomic mass is 10.0. The number of anilines is 1. The van der Waals surface area contributed by atoms with Crippen LogP contribution in [0.2, 0.25) is 5.02 Å². The predicted octanol–water partition coefficient (Wildman–Crippen LogP) is 4.97. The first kappa shape index (κ1) is 21.8. The van der Waals surface area contributed by atoms with Crippen LogP contribution in [-0.2, 0) is 6.61 Å². The molecule has 0 radical (unpaired) electrons. The molecule has 9 nitrogen and oxygen atoms in total. The van der Waals surface area contributed by atoms with E-state index in [0.29, 0.717) is 32.2 Å². The summed E-state index contributed by atoms with van der Waals surface area (Å²) in [6.07, 6.45) is 4.88. The van der Waals surface area contributed by atoms with E-state index in [1.165, 1.54) is 0 Å². The number of halogens is 1. The smallest absolute Gasteiger partial charge is 0.296 e. The Kier molecular flexibility index (Phi) is 6.07. The highest BCUT2D eigenvalue weighted by Gasteiger charge is 2.18. The molecule has 34 heavy (non-hydrogen) atoms. The van der Waals surface area contributed by atoms with Gasteiger partial charge < -0.3 is 9.47 Å². The molecule has 0 aliphatic heterocycles. The van der Waals surface area contributed by atoms with Crippen LogP contribution in [0.5, 0.6) is 10.9 Å². The van der Waals surface area contributed by atoms with Crippen LogP contribution in [0.4, 0.5) is 5.13 Å². The Balaban J connectivity index is 1.31. The molecule has 1 amide bonds. The van der Waals surface area contributed by atoms with Gasteiger partial charge in [0.15, 0.2) is 0 Å². The van der Waals surface area contributed by atoms with E-state index in [0.717, 1.165) is 33.4 Å². The maximum absolute atomic E-state index is 13.0. The first-order valence-corrected chi connectivity index (χ1v) is 11.3. The molecule has 0 saturated carbocycles. The van der Waals surface area contributed by atoms with Gasteiger partial charge in [0.05, 0.1) is 29.4 Å². The van der Waals surface area contributed by atoms with Crippen LogP contribution in [0, 0.1) is 0 Å². The largest absolute Gasteiger partial charge is 0.496 e. The third-order valence-corrected chi connectivity index (χ3v) is 6.16. The second-order valence-corrected chi connectivity index (χ2v) is 8.45. The van der Waals surface area contributed by atoms with Crippen molar-refractivity contribution in [2.75, 3.05) is 12.4 Å². The van der Waals surface area contributed by atoms with Gasteiger partial charge in [-0.25, -0.2) is 0 Å². The summed E-state index contributed by atoms with van der Waals surface area (Å²) in [5.41, 5.74) is 3.48. The highest BCUT2D eigenvalue weighted by molar-refractivity contribution is 7.17. The Morgan fingerprint density at radius 3 is 2.88 bits per heavy atom. The van der Waals surface area contributed by atoms with E-state index >= 15 is 0 Å². The van der Waals surface area contributed by atoms with Crippen LogP contribution in [0.25, 0.3) is 22.0 Å². The Morgan fingerprint density at radius 2 is 2.00 bits per heavy atom. The van der Waals surface area contributed by atoms with E-state index in [4.69, 9.17) is 21.1 Å². The number of H-pyrrole nitrogens is 1. The third kappa shape index (κ3) is 4.28. The van der Waals surface area contributed by atoms with Crippen LogP contribution >= 0.6 is 22.9 Å². The SMILES string of the molecule is COc1ccccc1-c1cnccc1C(=O)Nc1nnc(OCc2ccc(Cl)c3[nH]ncc23)s1. The van der Waals surface area contributed by atoms with Crippen LogP contribution in [0.15, 0.2) is 61.1 Å². The van der Waals surface area contributed by atoms with Gasteiger partial charge in [-0.2, -0.15) is 5.10 Å². The van der Waals surface area contributed by atoms with E-state index in [-0.39, 0.29) is 12.5 Å². The van der Waals surface area contributed by atoms with Gasteiger partial charge in [0.1, 0.15) is 12.4 Å². The standard InChI is InChI=1S/C23H17ClN6O3S/c1-32-19-5-3-2-4-14(19)17-10-25-9-8-15(17)21(31)27-22-29-30-23(34-22)33-12-13-6-7-18(24)20-16(13)11-26-28-20/h2-11H,12H2,1H3,(H,26,28)(H,27,29,31). The number of carbonyl (C=O) groups is 1. The number of carbonyl (C=O) groups excluding carboxylic acids is 1. The fourth-order valence-corrected chi connectivity index (χ4v) is 4.28. The molecule has 0 aliphatic carbocycles. The van der Waals surface area contributed by atoms with Crippen molar-refractivity contribution in [2.45, 2.75) is 6.61 Å². The number of methoxy groups -OCH3 is 1. The number of hydrogen-bond donors (Lipinski definition) is 2. The van der Waals surface area contributed by atoms with Gasteiger partial charge in [-0.05, 0) is 29.5 Å². The van der Waals surface area contributed by atoms with Crippen LogP contribution in [0.1, 0.15) is 15.9 Å². The number of pyridine rings is 1. The van der Waals surface area contributed by atoms with Crippen molar-refractivity contribution in [2.24, 2.45) is 0 Å². The summed E-state index contributed by atoms with van der Waals surface area (Å²) in [6, 6.07) is 12.7. The Bertz CT molecular complexity index is 1480. The molecule has 5 aromatic rings. The zero-order valence-electron chi connectivity index (χ0n) is 17.8. The highest BCUT2D eigenvalue weighted by Crippen LogP contribution is 2.32. The lowest BCUT2D eigenvalue weighted by Gasteiger charge is -2.11. The molecule has 3 heterocycles. The number of fused-ring (bicyclic) bond motifs is 1. The van der Waals surface area contributed by atoms with E-state index in [1.54, 1.807) is 37.8 Å². The number of para-hydroxylation sites is 1. The van der Waals surface area contributed by atoms with Crippen molar-refractivity contribution in [1.29, 1.82) is 0 Å². The van der Waals surface area contributed by atoms with Gasteiger partial charge >= 0.3 is 0 Å².